The lowest BCUT2D eigenvalue weighted by Gasteiger charge is -2.16. The number of aliphatic hydroxyl groups is 1. The Balaban J connectivity index is 0.00000450. The van der Waals surface area contributed by atoms with Crippen LogP contribution in [0.25, 0.3) is 0 Å². The molecule has 0 spiro atoms. The number of rotatable bonds is 10. The summed E-state index contributed by atoms with van der Waals surface area (Å²) in [5.41, 5.74) is 0.830. The van der Waals surface area contributed by atoms with Crippen LogP contribution in [-0.2, 0) is 13.1 Å². The Kier molecular flexibility index (Phi) is 11.8. The van der Waals surface area contributed by atoms with E-state index in [2.05, 4.69) is 39.0 Å². The Morgan fingerprint density at radius 2 is 1.87 bits per heavy atom. The number of guanidine groups is 1. The molecular weight excluding hydrogens is 493 g/mol. The van der Waals surface area contributed by atoms with Gasteiger partial charge in [-0.3, -0.25) is 0 Å². The fourth-order valence-corrected chi connectivity index (χ4v) is 2.89. The number of halogens is 1. The quantitative estimate of drug-likeness (QED) is 0.248. The highest BCUT2D eigenvalue weighted by molar-refractivity contribution is 14.0. The number of imidazole rings is 1. The molecule has 168 valence electrons. The molecule has 0 saturated carbocycles. The number of hydrogen-bond donors (Lipinski definition) is 3. The Hall–Kier alpha value is -1.81. The van der Waals surface area contributed by atoms with Gasteiger partial charge in [0, 0.05) is 32.0 Å². The smallest absolute Gasteiger partial charge is 0.191 e. The van der Waals surface area contributed by atoms with Crippen molar-refractivity contribution in [1.82, 2.24) is 20.2 Å². The van der Waals surface area contributed by atoms with E-state index in [1.165, 1.54) is 0 Å². The van der Waals surface area contributed by atoms with Gasteiger partial charge in [0.05, 0.1) is 12.2 Å². The van der Waals surface area contributed by atoms with Gasteiger partial charge >= 0.3 is 0 Å². The number of nitrogens with zero attached hydrogens (tertiary/aromatic N) is 3. The molecule has 0 fully saturated rings. The first-order valence-corrected chi connectivity index (χ1v) is 10.4. The lowest BCUT2D eigenvalue weighted by molar-refractivity contribution is 0.180. The van der Waals surface area contributed by atoms with Crippen molar-refractivity contribution in [2.75, 3.05) is 13.1 Å². The van der Waals surface area contributed by atoms with Gasteiger partial charge in [0.15, 0.2) is 5.96 Å². The summed E-state index contributed by atoms with van der Waals surface area (Å²) < 4.78 is 7.78. The lowest BCUT2D eigenvalue weighted by Crippen LogP contribution is -2.39. The van der Waals surface area contributed by atoms with Crippen molar-refractivity contribution < 1.29 is 9.84 Å². The molecule has 0 bridgehead atoms. The Bertz CT molecular complexity index is 759. The van der Waals surface area contributed by atoms with Crippen molar-refractivity contribution in [1.29, 1.82) is 0 Å². The van der Waals surface area contributed by atoms with Gasteiger partial charge in [0.2, 0.25) is 0 Å². The van der Waals surface area contributed by atoms with E-state index in [4.69, 9.17) is 4.74 Å². The van der Waals surface area contributed by atoms with Gasteiger partial charge in [-0.15, -0.1) is 24.0 Å². The summed E-state index contributed by atoms with van der Waals surface area (Å²) in [6, 6.07) is 7.53. The summed E-state index contributed by atoms with van der Waals surface area (Å²) in [7, 11) is 0. The van der Waals surface area contributed by atoms with Crippen LogP contribution in [-0.4, -0.2) is 39.8 Å². The molecule has 0 amide bonds. The molecule has 0 aliphatic rings. The first-order chi connectivity index (χ1) is 13.9. The van der Waals surface area contributed by atoms with Gasteiger partial charge in [-0.05, 0) is 44.4 Å². The number of nitrogens with one attached hydrogen (secondary N) is 2. The summed E-state index contributed by atoms with van der Waals surface area (Å²) in [5.74, 6) is 2.93. The van der Waals surface area contributed by atoms with Crippen molar-refractivity contribution in [3.05, 3.63) is 48.0 Å². The van der Waals surface area contributed by atoms with Gasteiger partial charge in [0.1, 0.15) is 18.1 Å². The molecule has 7 nitrogen and oxygen atoms in total. The topological polar surface area (TPSA) is 83.7 Å². The van der Waals surface area contributed by atoms with Crippen molar-refractivity contribution in [3.8, 4) is 5.75 Å². The number of benzene rings is 1. The molecule has 8 heteroatoms. The fraction of sp³-hybridized carbons (Fsp3) is 0.545. The molecule has 1 heterocycles. The van der Waals surface area contributed by atoms with Crippen LogP contribution >= 0.6 is 24.0 Å². The number of aliphatic imine (C=N–C) groups is 1. The maximum Gasteiger partial charge on any atom is 0.191 e. The van der Waals surface area contributed by atoms with E-state index >= 15 is 0 Å². The van der Waals surface area contributed by atoms with Gasteiger partial charge in [-0.2, -0.15) is 0 Å². The normalized spacial score (nSPS) is 12.6. The monoisotopic (exact) mass is 529 g/mol. The molecule has 2 rings (SSSR count). The molecule has 0 aliphatic carbocycles. The minimum Gasteiger partial charge on any atom is -0.491 e. The van der Waals surface area contributed by atoms with Crippen molar-refractivity contribution >= 4 is 29.9 Å². The lowest BCUT2D eigenvalue weighted by atomic mass is 10.1. The molecule has 2 aromatic rings. The summed E-state index contributed by atoms with van der Waals surface area (Å²) in [6.07, 6.45) is 3.28. The third-order valence-corrected chi connectivity index (χ3v) is 4.19. The van der Waals surface area contributed by atoms with Gasteiger partial charge in [-0.25, -0.2) is 9.98 Å². The summed E-state index contributed by atoms with van der Waals surface area (Å²) in [5, 5.41) is 16.9. The van der Waals surface area contributed by atoms with E-state index < -0.39 is 6.10 Å². The van der Waals surface area contributed by atoms with Gasteiger partial charge in [0.25, 0.3) is 0 Å². The first kappa shape index (κ1) is 26.2. The van der Waals surface area contributed by atoms with Gasteiger partial charge in [-0.1, -0.05) is 26.0 Å². The van der Waals surface area contributed by atoms with Crippen LogP contribution < -0.4 is 15.4 Å². The summed E-state index contributed by atoms with van der Waals surface area (Å²) >= 11 is 0. The molecule has 1 unspecified atom stereocenters. The predicted octanol–water partition coefficient (Wildman–Crippen LogP) is 3.73. The highest BCUT2D eigenvalue weighted by Crippen LogP contribution is 2.18. The van der Waals surface area contributed by atoms with E-state index in [9.17, 15) is 5.11 Å². The molecule has 0 aliphatic heterocycles. The van der Waals surface area contributed by atoms with E-state index in [1.807, 2.05) is 57.4 Å². The zero-order valence-corrected chi connectivity index (χ0v) is 21.0. The van der Waals surface area contributed by atoms with Crippen molar-refractivity contribution in [2.24, 2.45) is 10.9 Å². The van der Waals surface area contributed by atoms with Gasteiger partial charge < -0.3 is 25.0 Å². The van der Waals surface area contributed by atoms with Crippen LogP contribution in [0, 0.1) is 5.92 Å². The zero-order chi connectivity index (χ0) is 21.2. The minimum atomic E-state index is -0.644. The Morgan fingerprint density at radius 1 is 1.17 bits per heavy atom. The summed E-state index contributed by atoms with van der Waals surface area (Å²) in [4.78, 5) is 9.03. The maximum absolute atomic E-state index is 10.5. The second-order valence-electron chi connectivity index (χ2n) is 7.72. The second-order valence-corrected chi connectivity index (χ2v) is 7.72. The molecule has 1 atom stereocenters. The molecule has 1 aromatic heterocycles. The maximum atomic E-state index is 10.5. The number of ether oxygens (including phenoxy) is 1. The summed E-state index contributed by atoms with van der Waals surface area (Å²) in [6.45, 7) is 12.9. The molecule has 1 aromatic carbocycles. The molecule has 0 saturated heterocycles. The van der Waals surface area contributed by atoms with Crippen LogP contribution in [0.5, 0.6) is 5.75 Å². The highest BCUT2D eigenvalue weighted by Gasteiger charge is 2.10. The second kappa shape index (κ2) is 13.5. The first-order valence-electron chi connectivity index (χ1n) is 10.4. The zero-order valence-electron chi connectivity index (χ0n) is 18.6. The molecular formula is C22H36IN5O2. The molecule has 30 heavy (non-hydrogen) atoms. The third kappa shape index (κ3) is 8.91. The van der Waals surface area contributed by atoms with E-state index in [-0.39, 0.29) is 30.1 Å². The van der Waals surface area contributed by atoms with Crippen LogP contribution in [0.15, 0.2) is 41.7 Å². The predicted molar refractivity (Wildman–Crippen MR) is 132 cm³/mol. The average molecular weight is 529 g/mol. The standard InChI is InChI=1S/C22H35N5O2.HI/c1-6-23-22(26-14-21-24-11-12-27(21)15-16(2)3)25-13-20(28)18-7-9-19(10-8-18)29-17(4)5;/h7-12,16-17,20,28H,6,13-15H2,1-5H3,(H2,23,25,26);1H. The number of aromatic nitrogens is 2. The largest absolute Gasteiger partial charge is 0.491 e. The van der Waals surface area contributed by atoms with E-state index in [0.29, 0.717) is 25.0 Å². The number of hydrogen-bond acceptors (Lipinski definition) is 4. The van der Waals surface area contributed by atoms with Crippen LogP contribution in [0.2, 0.25) is 0 Å². The highest BCUT2D eigenvalue weighted by atomic mass is 127. The SMILES string of the molecule is CCNC(=NCc1nccn1CC(C)C)NCC(O)c1ccc(OC(C)C)cc1.I. The Morgan fingerprint density at radius 3 is 2.47 bits per heavy atom. The minimum absolute atomic E-state index is 0. The van der Waals surface area contributed by atoms with Crippen molar-refractivity contribution in [3.63, 3.8) is 0 Å². The molecule has 0 radical (unpaired) electrons. The van der Waals surface area contributed by atoms with Crippen molar-refractivity contribution in [2.45, 2.75) is 59.9 Å². The third-order valence-electron chi connectivity index (χ3n) is 4.19. The van der Waals surface area contributed by atoms with E-state index in [1.54, 1.807) is 0 Å². The van der Waals surface area contributed by atoms with E-state index in [0.717, 1.165) is 30.2 Å². The van der Waals surface area contributed by atoms with Crippen LogP contribution in [0.4, 0.5) is 0 Å². The average Bonchev–Trinajstić information content (AvgIpc) is 3.10. The van der Waals surface area contributed by atoms with Crippen LogP contribution in [0.1, 0.15) is 52.1 Å². The fourth-order valence-electron chi connectivity index (χ4n) is 2.89. The molecule has 3 N–H and O–H groups in total. The Labute approximate surface area is 197 Å². The number of aliphatic hydroxyl groups excluding tert-OH is 1. The van der Waals surface area contributed by atoms with Crippen LogP contribution in [0.3, 0.4) is 0 Å².